The molecule has 102 valence electrons. The zero-order valence-electron chi connectivity index (χ0n) is 10.7. The monoisotopic (exact) mass is 326 g/mol. The van der Waals surface area contributed by atoms with Crippen molar-refractivity contribution < 1.29 is 9.47 Å². The summed E-state index contributed by atoms with van der Waals surface area (Å²) in [6.45, 7) is 1.51. The molecule has 2 aromatic heterocycles. The fraction of sp³-hybridized carbons (Fsp3) is 0.583. The van der Waals surface area contributed by atoms with Gasteiger partial charge in [0.2, 0.25) is 5.88 Å². The van der Waals surface area contributed by atoms with Gasteiger partial charge in [-0.1, -0.05) is 0 Å². The first-order valence-electron chi connectivity index (χ1n) is 6.31. The van der Waals surface area contributed by atoms with Crippen LogP contribution < -0.4 is 4.74 Å². The summed E-state index contributed by atoms with van der Waals surface area (Å²) in [4.78, 5) is 8.35. The van der Waals surface area contributed by atoms with E-state index in [4.69, 9.17) is 9.47 Å². The van der Waals surface area contributed by atoms with Gasteiger partial charge >= 0.3 is 0 Å². The lowest BCUT2D eigenvalue weighted by Gasteiger charge is -2.15. The number of hydrogen-bond donors (Lipinski definition) is 0. The molecule has 1 atom stereocenters. The first kappa shape index (κ1) is 12.8. The van der Waals surface area contributed by atoms with Crippen LogP contribution in [0.1, 0.15) is 25.3 Å². The first-order chi connectivity index (χ1) is 9.31. The molecule has 1 fully saturated rings. The second-order valence-electron chi connectivity index (χ2n) is 4.54. The van der Waals surface area contributed by atoms with Gasteiger partial charge < -0.3 is 9.47 Å². The molecule has 0 amide bonds. The Morgan fingerprint density at radius 3 is 3.11 bits per heavy atom. The van der Waals surface area contributed by atoms with Crippen LogP contribution in [0.2, 0.25) is 0 Å². The van der Waals surface area contributed by atoms with Crippen molar-refractivity contribution in [1.29, 1.82) is 0 Å². The molecule has 0 bridgehead atoms. The molecule has 3 rings (SSSR count). The van der Waals surface area contributed by atoms with Crippen LogP contribution in [-0.4, -0.2) is 40.1 Å². The van der Waals surface area contributed by atoms with Crippen molar-refractivity contribution in [1.82, 2.24) is 19.7 Å². The Kier molecular flexibility index (Phi) is 3.65. The third-order valence-corrected chi connectivity index (χ3v) is 4.06. The van der Waals surface area contributed by atoms with Crippen LogP contribution in [-0.2, 0) is 4.74 Å². The normalized spacial score (nSPS) is 20.4. The van der Waals surface area contributed by atoms with Crippen LogP contribution in [0, 0.1) is 0 Å². The summed E-state index contributed by atoms with van der Waals surface area (Å²) in [6, 6.07) is 0.232. The van der Waals surface area contributed by atoms with Crippen LogP contribution in [0.15, 0.2) is 10.9 Å². The van der Waals surface area contributed by atoms with E-state index < -0.39 is 0 Å². The minimum Gasteiger partial charge on any atom is -0.479 e. The van der Waals surface area contributed by atoms with Gasteiger partial charge in [0.05, 0.1) is 19.8 Å². The summed E-state index contributed by atoms with van der Waals surface area (Å²) in [5.74, 6) is 0.499. The number of fused-ring (bicyclic) bond motifs is 1. The maximum atomic E-state index is 5.62. The maximum Gasteiger partial charge on any atom is 0.245 e. The Bertz CT molecular complexity index is 578. The minimum absolute atomic E-state index is 0.232. The van der Waals surface area contributed by atoms with E-state index in [1.165, 1.54) is 6.33 Å². The molecular formula is C12H15BrN4O2. The summed E-state index contributed by atoms with van der Waals surface area (Å²) in [6.07, 6.45) is 4.80. The van der Waals surface area contributed by atoms with E-state index >= 15 is 0 Å². The highest BCUT2D eigenvalue weighted by atomic mass is 79.9. The number of nitrogens with zero attached hydrogens (tertiary/aromatic N) is 4. The van der Waals surface area contributed by atoms with Crippen LogP contribution in [0.5, 0.6) is 5.88 Å². The van der Waals surface area contributed by atoms with Gasteiger partial charge in [0.15, 0.2) is 5.52 Å². The SMILES string of the molecule is COc1ncnc2c(Br)n(C3CCCCOC3)nc12. The number of ether oxygens (including phenoxy) is 2. The lowest BCUT2D eigenvalue weighted by atomic mass is 10.1. The second-order valence-corrected chi connectivity index (χ2v) is 5.29. The molecule has 7 heteroatoms. The standard InChI is InChI=1S/C12H15BrN4O2/c1-18-12-10-9(14-7-15-12)11(13)17(16-10)8-4-2-3-5-19-6-8/h7-8H,2-6H2,1H3. The van der Waals surface area contributed by atoms with Gasteiger partial charge in [-0.15, -0.1) is 0 Å². The number of rotatable bonds is 2. The first-order valence-corrected chi connectivity index (χ1v) is 7.11. The average Bonchev–Trinajstić information content (AvgIpc) is 2.65. The summed E-state index contributed by atoms with van der Waals surface area (Å²) < 4.78 is 13.6. The van der Waals surface area contributed by atoms with Crippen LogP contribution in [0.3, 0.4) is 0 Å². The number of hydrogen-bond acceptors (Lipinski definition) is 5. The molecule has 19 heavy (non-hydrogen) atoms. The third-order valence-electron chi connectivity index (χ3n) is 3.32. The number of halogens is 1. The molecule has 0 radical (unpaired) electrons. The highest BCUT2D eigenvalue weighted by Crippen LogP contribution is 2.31. The van der Waals surface area contributed by atoms with E-state index in [1.807, 2.05) is 4.68 Å². The minimum atomic E-state index is 0.232. The topological polar surface area (TPSA) is 62.1 Å². The van der Waals surface area contributed by atoms with Crippen LogP contribution in [0.25, 0.3) is 11.0 Å². The lowest BCUT2D eigenvalue weighted by Crippen LogP contribution is -2.15. The zero-order valence-corrected chi connectivity index (χ0v) is 12.3. The van der Waals surface area contributed by atoms with E-state index in [9.17, 15) is 0 Å². The molecule has 6 nitrogen and oxygen atoms in total. The summed E-state index contributed by atoms with van der Waals surface area (Å²) >= 11 is 3.58. The Hall–Kier alpha value is -1.21. The van der Waals surface area contributed by atoms with Gasteiger partial charge in [-0.3, -0.25) is 0 Å². The largest absolute Gasteiger partial charge is 0.479 e. The molecule has 2 aromatic rings. The quantitative estimate of drug-likeness (QED) is 0.847. The molecule has 1 unspecified atom stereocenters. The van der Waals surface area contributed by atoms with Crippen molar-refractivity contribution in [3.05, 3.63) is 10.9 Å². The highest BCUT2D eigenvalue weighted by molar-refractivity contribution is 9.10. The van der Waals surface area contributed by atoms with Crippen molar-refractivity contribution in [2.45, 2.75) is 25.3 Å². The summed E-state index contributed by atoms with van der Waals surface area (Å²) in [5.41, 5.74) is 1.46. The molecule has 1 aliphatic heterocycles. The van der Waals surface area contributed by atoms with E-state index in [-0.39, 0.29) is 6.04 Å². The maximum absolute atomic E-state index is 5.62. The molecule has 0 aromatic carbocycles. The smallest absolute Gasteiger partial charge is 0.245 e. The molecular weight excluding hydrogens is 312 g/mol. The fourth-order valence-corrected chi connectivity index (χ4v) is 2.99. The molecule has 1 aliphatic rings. The molecule has 3 heterocycles. The average molecular weight is 327 g/mol. The van der Waals surface area contributed by atoms with Crippen LogP contribution >= 0.6 is 15.9 Å². The van der Waals surface area contributed by atoms with Gasteiger partial charge in [-0.2, -0.15) is 10.1 Å². The van der Waals surface area contributed by atoms with Crippen LogP contribution in [0.4, 0.5) is 0 Å². The predicted octanol–water partition coefficient (Wildman–Crippen LogP) is 2.34. The molecule has 0 aliphatic carbocycles. The lowest BCUT2D eigenvalue weighted by molar-refractivity contribution is 0.114. The van der Waals surface area contributed by atoms with Crippen molar-refractivity contribution in [3.63, 3.8) is 0 Å². The Balaban J connectivity index is 2.06. The summed E-state index contributed by atoms with van der Waals surface area (Å²) in [5, 5.41) is 4.59. The van der Waals surface area contributed by atoms with Gasteiger partial charge in [0.1, 0.15) is 16.4 Å². The van der Waals surface area contributed by atoms with Crippen molar-refractivity contribution in [2.75, 3.05) is 20.3 Å². The van der Waals surface area contributed by atoms with E-state index in [0.29, 0.717) is 18.0 Å². The Morgan fingerprint density at radius 1 is 1.37 bits per heavy atom. The Morgan fingerprint density at radius 2 is 2.26 bits per heavy atom. The molecule has 0 N–H and O–H groups in total. The number of methoxy groups -OCH3 is 1. The van der Waals surface area contributed by atoms with E-state index in [0.717, 1.165) is 36.0 Å². The molecule has 1 saturated heterocycles. The van der Waals surface area contributed by atoms with Gasteiger partial charge in [-0.25, -0.2) is 9.67 Å². The fourth-order valence-electron chi connectivity index (χ4n) is 2.33. The van der Waals surface area contributed by atoms with Gasteiger partial charge in [0.25, 0.3) is 0 Å². The van der Waals surface area contributed by atoms with Crippen molar-refractivity contribution >= 4 is 27.0 Å². The Labute approximate surface area is 119 Å². The van der Waals surface area contributed by atoms with E-state index in [1.54, 1.807) is 7.11 Å². The molecule has 0 saturated carbocycles. The second kappa shape index (κ2) is 5.42. The molecule has 0 spiro atoms. The van der Waals surface area contributed by atoms with Crippen molar-refractivity contribution in [2.24, 2.45) is 0 Å². The number of aromatic nitrogens is 4. The zero-order chi connectivity index (χ0) is 13.2. The van der Waals surface area contributed by atoms with Gasteiger partial charge in [-0.05, 0) is 35.2 Å². The predicted molar refractivity (Wildman–Crippen MR) is 73.3 cm³/mol. The third kappa shape index (κ3) is 2.32. The summed E-state index contributed by atoms with van der Waals surface area (Å²) in [7, 11) is 1.59. The van der Waals surface area contributed by atoms with Gasteiger partial charge in [0, 0.05) is 6.61 Å². The van der Waals surface area contributed by atoms with E-state index in [2.05, 4.69) is 31.0 Å². The van der Waals surface area contributed by atoms with Crippen molar-refractivity contribution in [3.8, 4) is 5.88 Å². The highest BCUT2D eigenvalue weighted by Gasteiger charge is 2.22.